The summed E-state index contributed by atoms with van der Waals surface area (Å²) in [7, 11) is 0. The highest BCUT2D eigenvalue weighted by atomic mass is 35.5. The molecule has 0 aliphatic heterocycles. The van der Waals surface area contributed by atoms with Gasteiger partial charge in [-0.05, 0) is 29.8 Å². The fourth-order valence-corrected chi connectivity index (χ4v) is 3.50. The number of halogens is 3. The number of carbonyl (C=O) groups excluding carboxylic acids is 1. The van der Waals surface area contributed by atoms with Gasteiger partial charge in [-0.2, -0.15) is 10.2 Å². The van der Waals surface area contributed by atoms with Crippen molar-refractivity contribution >= 4 is 52.1 Å². The summed E-state index contributed by atoms with van der Waals surface area (Å²) < 4.78 is 8.57. The number of non-ortho nitro benzene ring substituents is 1. The van der Waals surface area contributed by atoms with Crippen molar-refractivity contribution < 1.29 is 14.5 Å². The van der Waals surface area contributed by atoms with Crippen LogP contribution < -0.4 is 10.1 Å². The van der Waals surface area contributed by atoms with E-state index in [0.717, 1.165) is 5.56 Å². The van der Waals surface area contributed by atoms with Gasteiger partial charge in [0.2, 0.25) is 0 Å². The van der Waals surface area contributed by atoms with Crippen LogP contribution in [-0.4, -0.2) is 30.4 Å². The van der Waals surface area contributed by atoms with Gasteiger partial charge in [-0.1, -0.05) is 40.9 Å². The Morgan fingerprint density at radius 1 is 1.06 bits per heavy atom. The number of benzene rings is 2. The number of nitrogens with one attached hydrogen (secondary N) is 1. The van der Waals surface area contributed by atoms with Gasteiger partial charge in [-0.25, -0.2) is 4.68 Å². The second kappa shape index (κ2) is 10.1. The lowest BCUT2D eigenvalue weighted by Gasteiger charge is -2.07. The average Bonchev–Trinajstić information content (AvgIpc) is 3.45. The van der Waals surface area contributed by atoms with Crippen LogP contribution in [0, 0.1) is 10.1 Å². The topological polar surface area (TPSA) is 117 Å². The van der Waals surface area contributed by atoms with Crippen molar-refractivity contribution in [2.24, 2.45) is 0 Å². The SMILES string of the molecule is O=C(Nc1cnn(Cc2ccc(Cl)c(Cl)c2)c1)c1ccn(COc2ccc([N+](=O)[O-])cc2Cl)n1. The molecule has 0 bridgehead atoms. The van der Waals surface area contributed by atoms with Crippen LogP contribution in [-0.2, 0) is 13.3 Å². The van der Waals surface area contributed by atoms with Gasteiger partial charge in [0.1, 0.15) is 5.75 Å². The number of hydrogen-bond donors (Lipinski definition) is 1. The normalized spacial score (nSPS) is 10.8. The van der Waals surface area contributed by atoms with Crippen molar-refractivity contribution in [1.82, 2.24) is 19.6 Å². The van der Waals surface area contributed by atoms with E-state index >= 15 is 0 Å². The fourth-order valence-electron chi connectivity index (χ4n) is 2.95. The quantitative estimate of drug-likeness (QED) is 0.249. The van der Waals surface area contributed by atoms with Crippen LogP contribution in [0.2, 0.25) is 15.1 Å². The maximum Gasteiger partial charge on any atom is 0.276 e. The number of nitro benzene ring substituents is 1. The lowest BCUT2D eigenvalue weighted by Crippen LogP contribution is -2.14. The van der Waals surface area contributed by atoms with Crippen LogP contribution >= 0.6 is 34.8 Å². The molecule has 0 radical (unpaired) electrons. The molecule has 13 heteroatoms. The van der Waals surface area contributed by atoms with Gasteiger partial charge in [0, 0.05) is 24.5 Å². The van der Waals surface area contributed by atoms with Crippen molar-refractivity contribution in [1.29, 1.82) is 0 Å². The highest BCUT2D eigenvalue weighted by Gasteiger charge is 2.13. The zero-order valence-electron chi connectivity index (χ0n) is 17.2. The third-order valence-corrected chi connectivity index (χ3v) is 5.61. The molecular weight excluding hydrogens is 507 g/mol. The summed E-state index contributed by atoms with van der Waals surface area (Å²) in [5, 5.41) is 22.9. The molecule has 0 fully saturated rings. The van der Waals surface area contributed by atoms with E-state index in [-0.39, 0.29) is 28.9 Å². The number of amides is 1. The molecule has 2 aromatic heterocycles. The number of ether oxygens (including phenoxy) is 1. The van der Waals surface area contributed by atoms with Gasteiger partial charge in [-0.15, -0.1) is 0 Å². The van der Waals surface area contributed by atoms with E-state index < -0.39 is 10.8 Å². The largest absolute Gasteiger partial charge is 0.470 e. The molecule has 4 rings (SSSR count). The molecule has 0 unspecified atom stereocenters. The average molecular weight is 522 g/mol. The number of nitrogens with zero attached hydrogens (tertiary/aromatic N) is 5. The second-order valence-corrected chi connectivity index (χ2v) is 8.24. The minimum atomic E-state index is -0.551. The van der Waals surface area contributed by atoms with Crippen LogP contribution in [0.25, 0.3) is 0 Å². The molecule has 0 saturated carbocycles. The number of carbonyl (C=O) groups is 1. The number of anilines is 1. The molecule has 10 nitrogen and oxygen atoms in total. The summed E-state index contributed by atoms with van der Waals surface area (Å²) in [5.74, 6) is -0.177. The van der Waals surface area contributed by atoms with E-state index in [1.165, 1.54) is 35.1 Å². The van der Waals surface area contributed by atoms with E-state index in [2.05, 4.69) is 15.5 Å². The Morgan fingerprint density at radius 2 is 1.88 bits per heavy atom. The Hall–Kier alpha value is -3.60. The number of nitro groups is 1. The zero-order valence-corrected chi connectivity index (χ0v) is 19.5. The molecule has 4 aromatic rings. The van der Waals surface area contributed by atoms with E-state index in [1.54, 1.807) is 29.2 Å². The van der Waals surface area contributed by atoms with Gasteiger partial charge in [0.25, 0.3) is 11.6 Å². The minimum Gasteiger partial charge on any atom is -0.470 e. The lowest BCUT2D eigenvalue weighted by atomic mass is 10.2. The summed E-state index contributed by atoms with van der Waals surface area (Å²) in [6, 6.07) is 10.7. The highest BCUT2D eigenvalue weighted by molar-refractivity contribution is 6.42. The van der Waals surface area contributed by atoms with Crippen LogP contribution in [0.1, 0.15) is 16.1 Å². The van der Waals surface area contributed by atoms with Crippen LogP contribution in [0.4, 0.5) is 11.4 Å². The number of hydrogen-bond acceptors (Lipinski definition) is 6. The van der Waals surface area contributed by atoms with Gasteiger partial charge in [0.15, 0.2) is 12.4 Å². The third kappa shape index (κ3) is 5.66. The Morgan fingerprint density at radius 3 is 2.62 bits per heavy atom. The molecule has 1 N–H and O–H groups in total. The summed E-state index contributed by atoms with van der Waals surface area (Å²) in [6.45, 7) is 0.399. The third-order valence-electron chi connectivity index (χ3n) is 4.57. The molecule has 0 aliphatic rings. The second-order valence-electron chi connectivity index (χ2n) is 7.01. The standard InChI is InChI=1S/C21H15Cl3N6O4/c22-16-3-1-13(7-17(16)23)10-29-11-14(9-25-29)26-21(31)19-5-6-28(27-19)12-34-20-4-2-15(30(32)33)8-18(20)24/h1-9,11H,10,12H2,(H,26,31). The monoisotopic (exact) mass is 520 g/mol. The predicted octanol–water partition coefficient (Wildman–Crippen LogP) is 5.29. The van der Waals surface area contributed by atoms with E-state index in [9.17, 15) is 14.9 Å². The van der Waals surface area contributed by atoms with Gasteiger partial charge in [-0.3, -0.25) is 19.6 Å². The number of rotatable bonds is 8. The lowest BCUT2D eigenvalue weighted by molar-refractivity contribution is -0.384. The molecule has 1 amide bonds. The van der Waals surface area contributed by atoms with Crippen LogP contribution in [0.5, 0.6) is 5.75 Å². The van der Waals surface area contributed by atoms with E-state index in [4.69, 9.17) is 39.5 Å². The summed E-state index contributed by atoms with van der Waals surface area (Å²) in [4.78, 5) is 22.8. The first-order chi connectivity index (χ1) is 16.3. The molecule has 2 heterocycles. The summed E-state index contributed by atoms with van der Waals surface area (Å²) in [6.07, 6.45) is 4.76. The highest BCUT2D eigenvalue weighted by Crippen LogP contribution is 2.29. The smallest absolute Gasteiger partial charge is 0.276 e. The fraction of sp³-hybridized carbons (Fsp3) is 0.0952. The van der Waals surface area contributed by atoms with E-state index in [0.29, 0.717) is 22.3 Å². The van der Waals surface area contributed by atoms with Crippen LogP contribution in [0.3, 0.4) is 0 Å². The van der Waals surface area contributed by atoms with Crippen molar-refractivity contribution in [3.8, 4) is 5.75 Å². The van der Waals surface area contributed by atoms with Crippen molar-refractivity contribution in [3.05, 3.63) is 97.5 Å². The van der Waals surface area contributed by atoms with Gasteiger partial charge >= 0.3 is 0 Å². The Bertz CT molecular complexity index is 1370. The maximum atomic E-state index is 12.5. The molecule has 0 aliphatic carbocycles. The van der Waals surface area contributed by atoms with E-state index in [1.807, 2.05) is 6.07 Å². The molecule has 174 valence electrons. The van der Waals surface area contributed by atoms with Gasteiger partial charge < -0.3 is 10.1 Å². The van der Waals surface area contributed by atoms with Crippen molar-refractivity contribution in [2.75, 3.05) is 5.32 Å². The molecule has 0 atom stereocenters. The molecule has 0 saturated heterocycles. The maximum absolute atomic E-state index is 12.5. The molecule has 0 spiro atoms. The summed E-state index contributed by atoms with van der Waals surface area (Å²) >= 11 is 18.0. The van der Waals surface area contributed by atoms with Crippen molar-refractivity contribution in [2.45, 2.75) is 13.3 Å². The van der Waals surface area contributed by atoms with Crippen molar-refractivity contribution in [3.63, 3.8) is 0 Å². The van der Waals surface area contributed by atoms with Gasteiger partial charge in [0.05, 0.1) is 38.4 Å². The first-order valence-corrected chi connectivity index (χ1v) is 10.8. The molecule has 34 heavy (non-hydrogen) atoms. The molecule has 2 aromatic carbocycles. The predicted molar refractivity (Wildman–Crippen MR) is 127 cm³/mol. The first kappa shape index (κ1) is 23.6. The zero-order chi connectivity index (χ0) is 24.2. The Labute approximate surface area is 207 Å². The minimum absolute atomic E-state index is 0.0492. The Kier molecular flexibility index (Phi) is 7.01. The Balaban J connectivity index is 1.34. The van der Waals surface area contributed by atoms with Crippen LogP contribution in [0.15, 0.2) is 61.1 Å². The first-order valence-electron chi connectivity index (χ1n) is 9.66. The number of aromatic nitrogens is 4. The molecular formula is C21H15Cl3N6O4. The summed E-state index contributed by atoms with van der Waals surface area (Å²) in [5.41, 5.74) is 1.42.